The number of thiophene rings is 1. The second-order valence-corrected chi connectivity index (χ2v) is 9.09. The van der Waals surface area contributed by atoms with Crippen LogP contribution in [0, 0.1) is 0 Å². The fraction of sp³-hybridized carbons (Fsp3) is 0.364. The van der Waals surface area contributed by atoms with Crippen LogP contribution in [0.5, 0.6) is 0 Å². The van der Waals surface area contributed by atoms with E-state index in [2.05, 4.69) is 31.6 Å². The van der Waals surface area contributed by atoms with Gasteiger partial charge in [-0.1, -0.05) is 29.3 Å². The van der Waals surface area contributed by atoms with E-state index in [0.717, 1.165) is 56.2 Å². The zero-order valence-corrected chi connectivity index (χ0v) is 19.0. The monoisotopic (exact) mass is 461 g/mol. The molecule has 2 aromatic heterocycles. The summed E-state index contributed by atoms with van der Waals surface area (Å²) in [7, 11) is 0. The Labute approximate surface area is 191 Å². The van der Waals surface area contributed by atoms with Crippen LogP contribution in [0.3, 0.4) is 0 Å². The molecule has 30 heavy (non-hydrogen) atoms. The van der Waals surface area contributed by atoms with Gasteiger partial charge >= 0.3 is 0 Å². The first-order chi connectivity index (χ1) is 14.6. The lowest BCUT2D eigenvalue weighted by Crippen LogP contribution is -2.47. The molecule has 1 aromatic carbocycles. The van der Waals surface area contributed by atoms with Crippen LogP contribution < -0.4 is 10.6 Å². The number of halogens is 2. The average molecular weight is 462 g/mol. The van der Waals surface area contributed by atoms with Crippen LogP contribution >= 0.6 is 34.5 Å². The van der Waals surface area contributed by atoms with Gasteiger partial charge in [-0.15, -0.1) is 0 Å². The van der Waals surface area contributed by atoms with Gasteiger partial charge in [0.2, 0.25) is 5.95 Å². The van der Waals surface area contributed by atoms with E-state index in [1.165, 1.54) is 5.56 Å². The van der Waals surface area contributed by atoms with Crippen molar-refractivity contribution in [2.24, 2.45) is 5.73 Å². The van der Waals surface area contributed by atoms with Crippen molar-refractivity contribution in [1.82, 2.24) is 14.9 Å². The number of rotatable bonds is 7. The largest absolute Gasteiger partial charge is 0.336 e. The molecule has 1 aliphatic heterocycles. The number of piperidine rings is 1. The molecule has 0 aliphatic carbocycles. The van der Waals surface area contributed by atoms with Crippen molar-refractivity contribution in [2.45, 2.75) is 25.4 Å². The fourth-order valence-electron chi connectivity index (χ4n) is 3.93. The average Bonchev–Trinajstić information content (AvgIpc) is 3.31. The summed E-state index contributed by atoms with van der Waals surface area (Å²) in [5, 5.41) is 5.39. The second-order valence-electron chi connectivity index (χ2n) is 7.49. The molecular formula is C22H25Cl2N5S. The highest BCUT2D eigenvalue weighted by Gasteiger charge is 2.26. The summed E-state index contributed by atoms with van der Waals surface area (Å²) in [6.45, 7) is 4.23. The summed E-state index contributed by atoms with van der Waals surface area (Å²) in [5.74, 6) is 0.770. The molecule has 0 saturated carbocycles. The predicted octanol–water partition coefficient (Wildman–Crippen LogP) is 4.94. The summed E-state index contributed by atoms with van der Waals surface area (Å²) in [6.07, 6.45) is 3.94. The molecule has 2 N–H and O–H groups in total. The molecule has 5 nitrogen and oxygen atoms in total. The number of aromatic nitrogens is 2. The normalized spacial score (nSPS) is 15.4. The molecule has 1 fully saturated rings. The third kappa shape index (κ3) is 5.13. The summed E-state index contributed by atoms with van der Waals surface area (Å²) in [5.41, 5.74) is 9.21. The molecule has 3 aromatic rings. The molecule has 0 unspecified atom stereocenters. The van der Waals surface area contributed by atoms with Crippen LogP contribution in [0.25, 0.3) is 11.3 Å². The van der Waals surface area contributed by atoms with Gasteiger partial charge in [-0.05, 0) is 48.1 Å². The highest BCUT2D eigenvalue weighted by molar-refractivity contribution is 7.08. The van der Waals surface area contributed by atoms with Gasteiger partial charge in [0.15, 0.2) is 0 Å². The Balaban J connectivity index is 1.42. The zero-order valence-electron chi connectivity index (χ0n) is 16.7. The lowest BCUT2D eigenvalue weighted by atomic mass is 10.0. The fourth-order valence-corrected chi connectivity index (χ4v) is 4.90. The van der Waals surface area contributed by atoms with Crippen LogP contribution in [0.1, 0.15) is 18.4 Å². The topological polar surface area (TPSA) is 58.3 Å². The van der Waals surface area contributed by atoms with Gasteiger partial charge in [0.1, 0.15) is 0 Å². The van der Waals surface area contributed by atoms with Crippen molar-refractivity contribution in [3.05, 3.63) is 62.9 Å². The van der Waals surface area contributed by atoms with E-state index < -0.39 is 0 Å². The maximum Gasteiger partial charge on any atom is 0.226 e. The lowest BCUT2D eigenvalue weighted by molar-refractivity contribution is 0.201. The molecule has 0 bridgehead atoms. The minimum Gasteiger partial charge on any atom is -0.336 e. The standard InChI is InChI=1S/C22H25Cl2N5S/c23-19-2-1-16(13-20(19)24)14-28-9-4-18(5-10-28)29(11-7-25)22-26-8-3-21(27-22)17-6-12-30-15-17/h1-3,6,8,12-13,15,18H,4-5,7,9-11,14,25H2. The summed E-state index contributed by atoms with van der Waals surface area (Å²) < 4.78 is 0. The molecule has 0 radical (unpaired) electrons. The van der Waals surface area contributed by atoms with Gasteiger partial charge in [0.25, 0.3) is 0 Å². The number of nitrogens with zero attached hydrogens (tertiary/aromatic N) is 4. The zero-order chi connectivity index (χ0) is 20.9. The quantitative estimate of drug-likeness (QED) is 0.539. The van der Waals surface area contributed by atoms with E-state index in [1.54, 1.807) is 11.3 Å². The Morgan fingerprint density at radius 2 is 1.97 bits per heavy atom. The first kappa shape index (κ1) is 21.5. The highest BCUT2D eigenvalue weighted by Crippen LogP contribution is 2.27. The van der Waals surface area contributed by atoms with E-state index in [1.807, 2.05) is 30.5 Å². The van der Waals surface area contributed by atoms with Crippen molar-refractivity contribution in [3.8, 4) is 11.3 Å². The molecule has 0 amide bonds. The number of anilines is 1. The maximum absolute atomic E-state index is 6.17. The van der Waals surface area contributed by atoms with Gasteiger partial charge in [-0.25, -0.2) is 9.97 Å². The number of likely N-dealkylation sites (tertiary alicyclic amines) is 1. The third-order valence-electron chi connectivity index (χ3n) is 5.47. The van der Waals surface area contributed by atoms with Gasteiger partial charge in [0.05, 0.1) is 15.7 Å². The second kappa shape index (κ2) is 10.1. The first-order valence-electron chi connectivity index (χ1n) is 10.1. The maximum atomic E-state index is 6.17. The summed E-state index contributed by atoms with van der Waals surface area (Å²) in [4.78, 5) is 14.2. The Bertz CT molecular complexity index is 958. The number of nitrogens with two attached hydrogens (primary N) is 1. The highest BCUT2D eigenvalue weighted by atomic mass is 35.5. The van der Waals surface area contributed by atoms with Crippen molar-refractivity contribution in [1.29, 1.82) is 0 Å². The minimum atomic E-state index is 0.385. The molecule has 4 rings (SSSR count). The molecule has 158 valence electrons. The Kier molecular flexibility index (Phi) is 7.23. The molecule has 8 heteroatoms. The van der Waals surface area contributed by atoms with Gasteiger partial charge in [-0.2, -0.15) is 11.3 Å². The van der Waals surface area contributed by atoms with E-state index in [0.29, 0.717) is 22.6 Å². The SMILES string of the molecule is NCCN(c1nccc(-c2ccsc2)n1)C1CCN(Cc2ccc(Cl)c(Cl)c2)CC1. The minimum absolute atomic E-state index is 0.385. The molecule has 3 heterocycles. The van der Waals surface area contributed by atoms with Gasteiger partial charge < -0.3 is 10.6 Å². The van der Waals surface area contributed by atoms with Crippen LogP contribution in [-0.4, -0.2) is 47.1 Å². The Hall–Kier alpha value is -1.70. The molecule has 0 atom stereocenters. The summed E-state index contributed by atoms with van der Waals surface area (Å²) >= 11 is 13.9. The summed E-state index contributed by atoms with van der Waals surface area (Å²) in [6, 6.07) is 10.3. The van der Waals surface area contributed by atoms with E-state index in [4.69, 9.17) is 33.9 Å². The van der Waals surface area contributed by atoms with Crippen molar-refractivity contribution < 1.29 is 0 Å². The van der Waals surface area contributed by atoms with Crippen LogP contribution in [0.15, 0.2) is 47.3 Å². The third-order valence-corrected chi connectivity index (χ3v) is 6.90. The van der Waals surface area contributed by atoms with Gasteiger partial charge in [-0.3, -0.25) is 4.90 Å². The number of hydrogen-bond donors (Lipinski definition) is 1. The smallest absolute Gasteiger partial charge is 0.226 e. The van der Waals surface area contributed by atoms with Crippen LogP contribution in [0.4, 0.5) is 5.95 Å². The Morgan fingerprint density at radius 1 is 1.13 bits per heavy atom. The molecular weight excluding hydrogens is 437 g/mol. The molecule has 1 saturated heterocycles. The van der Waals surface area contributed by atoms with Crippen LogP contribution in [0.2, 0.25) is 10.0 Å². The van der Waals surface area contributed by atoms with Crippen molar-refractivity contribution >= 4 is 40.5 Å². The Morgan fingerprint density at radius 3 is 2.67 bits per heavy atom. The molecule has 0 spiro atoms. The molecule has 1 aliphatic rings. The van der Waals surface area contributed by atoms with Crippen molar-refractivity contribution in [2.75, 3.05) is 31.1 Å². The van der Waals surface area contributed by atoms with E-state index >= 15 is 0 Å². The number of benzene rings is 1. The van der Waals surface area contributed by atoms with E-state index in [9.17, 15) is 0 Å². The number of hydrogen-bond acceptors (Lipinski definition) is 6. The van der Waals surface area contributed by atoms with Gasteiger partial charge in [0, 0.05) is 55.9 Å². The lowest BCUT2D eigenvalue weighted by Gasteiger charge is -2.38. The predicted molar refractivity (Wildman–Crippen MR) is 127 cm³/mol. The van der Waals surface area contributed by atoms with E-state index in [-0.39, 0.29) is 0 Å². The van der Waals surface area contributed by atoms with Crippen molar-refractivity contribution in [3.63, 3.8) is 0 Å². The first-order valence-corrected chi connectivity index (χ1v) is 11.8. The van der Waals surface area contributed by atoms with Crippen LogP contribution in [-0.2, 0) is 6.54 Å².